The average Bonchev–Trinajstić information content (AvgIpc) is 3.31. The van der Waals surface area contributed by atoms with E-state index in [9.17, 15) is 32.7 Å². The smallest absolute Gasteiger partial charge is 0.374 e. The molecule has 2 heterocycles. The molecule has 31 heavy (non-hydrogen) atoms. The molecule has 1 atom stereocenters. The first-order valence-electron chi connectivity index (χ1n) is 9.59. The summed E-state index contributed by atoms with van der Waals surface area (Å²) >= 11 is 1.35. The highest BCUT2D eigenvalue weighted by Gasteiger charge is 2.57. The first-order chi connectivity index (χ1) is 14.4. The molecule has 2 rings (SSSR count). The van der Waals surface area contributed by atoms with E-state index in [1.54, 1.807) is 6.07 Å². The van der Waals surface area contributed by atoms with E-state index in [0.717, 1.165) is 15.6 Å². The number of amides is 1. The van der Waals surface area contributed by atoms with Crippen molar-refractivity contribution in [3.8, 4) is 0 Å². The van der Waals surface area contributed by atoms with Crippen molar-refractivity contribution in [1.29, 1.82) is 0 Å². The number of ketones is 2. The van der Waals surface area contributed by atoms with Crippen molar-refractivity contribution in [3.05, 3.63) is 40.1 Å². The topological polar surface area (TPSA) is 101 Å². The van der Waals surface area contributed by atoms with Crippen LogP contribution in [-0.4, -0.2) is 44.9 Å². The molecule has 1 unspecified atom stereocenters. The summed E-state index contributed by atoms with van der Waals surface area (Å²) in [6, 6.07) is 3.52. The lowest BCUT2D eigenvalue weighted by Gasteiger charge is -2.29. The number of carbonyl (C=O) groups is 3. The van der Waals surface area contributed by atoms with E-state index < -0.39 is 36.5 Å². The van der Waals surface area contributed by atoms with Gasteiger partial charge < -0.3 is 15.0 Å². The lowest BCUT2D eigenvalue weighted by atomic mass is 9.97. The first-order valence-corrected chi connectivity index (χ1v) is 10.4. The Morgan fingerprint density at radius 1 is 1.16 bits per heavy atom. The zero-order valence-electron chi connectivity index (χ0n) is 17.2. The molecule has 2 aromatic heterocycles. The van der Waals surface area contributed by atoms with Crippen molar-refractivity contribution >= 4 is 28.8 Å². The third-order valence-electron chi connectivity index (χ3n) is 4.75. The number of halogens is 3. The minimum atomic E-state index is -4.99. The predicted octanol–water partition coefficient (Wildman–Crippen LogP) is 3.06. The van der Waals surface area contributed by atoms with E-state index in [1.807, 2.05) is 13.0 Å². The fourth-order valence-electron chi connectivity index (χ4n) is 2.95. The second-order valence-electron chi connectivity index (χ2n) is 7.19. The maximum Gasteiger partial charge on any atom is 0.424 e. The number of rotatable bonds is 11. The molecule has 0 aliphatic rings. The summed E-state index contributed by atoms with van der Waals surface area (Å²) in [6.45, 7) is 1.42. The summed E-state index contributed by atoms with van der Waals surface area (Å²) < 4.78 is 41.3. The fraction of sp³-hybridized carbons (Fsp3) is 0.500. The maximum atomic E-state index is 13.4. The number of hydrogen-bond acceptors (Lipinski definition) is 6. The molecular weight excluding hydrogens is 435 g/mol. The van der Waals surface area contributed by atoms with Gasteiger partial charge >= 0.3 is 6.18 Å². The highest BCUT2D eigenvalue weighted by atomic mass is 32.1. The van der Waals surface area contributed by atoms with Gasteiger partial charge in [0.15, 0.2) is 5.78 Å². The van der Waals surface area contributed by atoms with Gasteiger partial charge in [0.2, 0.25) is 11.5 Å². The van der Waals surface area contributed by atoms with Crippen LogP contribution >= 0.6 is 11.3 Å². The van der Waals surface area contributed by atoms with E-state index in [-0.39, 0.29) is 37.2 Å². The number of hydrogen-bond donors (Lipinski definition) is 2. The molecule has 0 radical (unpaired) electrons. The molecule has 170 valence electrons. The van der Waals surface area contributed by atoms with Gasteiger partial charge in [-0.15, -0.1) is 11.3 Å². The van der Waals surface area contributed by atoms with Gasteiger partial charge in [-0.3, -0.25) is 14.4 Å². The number of carbonyl (C=O) groups excluding carboxylic acids is 3. The van der Waals surface area contributed by atoms with Crippen molar-refractivity contribution in [2.45, 2.75) is 50.8 Å². The van der Waals surface area contributed by atoms with Crippen molar-refractivity contribution in [1.82, 2.24) is 14.9 Å². The monoisotopic (exact) mass is 459 g/mol. The molecule has 2 N–H and O–H groups in total. The van der Waals surface area contributed by atoms with E-state index >= 15 is 0 Å². The van der Waals surface area contributed by atoms with Crippen LogP contribution in [0.15, 0.2) is 24.5 Å². The zero-order valence-corrected chi connectivity index (χ0v) is 18.0. The SMILES string of the molecule is Cc1ccc(C(=O)CCC(=O)CCC(=O)NCCC(O)(c2nccn2C)C(F)(F)F)s1. The minimum absolute atomic E-state index is 0.00392. The van der Waals surface area contributed by atoms with Crippen molar-refractivity contribution in [3.63, 3.8) is 0 Å². The number of imidazole rings is 1. The second-order valence-corrected chi connectivity index (χ2v) is 8.48. The summed E-state index contributed by atoms with van der Waals surface area (Å²) in [5.74, 6) is -1.61. The van der Waals surface area contributed by atoms with Gasteiger partial charge in [-0.05, 0) is 19.1 Å². The van der Waals surface area contributed by atoms with Crippen molar-refractivity contribution in [2.75, 3.05) is 6.54 Å². The number of nitrogens with one attached hydrogen (secondary N) is 1. The molecule has 0 aromatic carbocycles. The Labute approximate surface area is 181 Å². The molecule has 0 saturated heterocycles. The van der Waals surface area contributed by atoms with Crippen molar-refractivity contribution < 1.29 is 32.7 Å². The summed E-state index contributed by atoms with van der Waals surface area (Å²) in [4.78, 5) is 40.9. The van der Waals surface area contributed by atoms with Crippen LogP contribution in [-0.2, 0) is 22.2 Å². The van der Waals surface area contributed by atoms with Crippen LogP contribution in [0.1, 0.15) is 52.5 Å². The fourth-order valence-corrected chi connectivity index (χ4v) is 3.79. The molecule has 0 saturated carbocycles. The van der Waals surface area contributed by atoms with Crippen LogP contribution in [0, 0.1) is 6.92 Å². The van der Waals surface area contributed by atoms with Crippen LogP contribution in [0.25, 0.3) is 0 Å². The maximum absolute atomic E-state index is 13.4. The first kappa shape index (κ1) is 24.7. The molecule has 0 fully saturated rings. The van der Waals surface area contributed by atoms with E-state index in [1.165, 1.54) is 24.6 Å². The number of thiophene rings is 1. The predicted molar refractivity (Wildman–Crippen MR) is 108 cm³/mol. The van der Waals surface area contributed by atoms with Crippen molar-refractivity contribution in [2.24, 2.45) is 7.05 Å². The molecule has 0 bridgehead atoms. The average molecular weight is 459 g/mol. The molecule has 11 heteroatoms. The second kappa shape index (κ2) is 10.2. The van der Waals surface area contributed by atoms with Gasteiger partial charge in [0.25, 0.3) is 0 Å². The standard InChI is InChI=1S/C20H24F3N3O4S/c1-13-3-7-16(31-13)15(28)6-4-14(27)5-8-17(29)24-10-9-19(30,20(21,22)23)18-25-11-12-26(18)2/h3,7,11-12,30H,4-6,8-10H2,1-2H3,(H,24,29). The van der Waals surface area contributed by atoms with E-state index in [0.29, 0.717) is 4.88 Å². The Balaban J connectivity index is 1.76. The summed E-state index contributed by atoms with van der Waals surface area (Å²) in [7, 11) is 1.33. The van der Waals surface area contributed by atoms with Gasteiger partial charge in [0.05, 0.1) is 4.88 Å². The lowest BCUT2D eigenvalue weighted by Crippen LogP contribution is -2.46. The van der Waals surface area contributed by atoms with E-state index in [4.69, 9.17) is 0 Å². The largest absolute Gasteiger partial charge is 0.424 e. The highest BCUT2D eigenvalue weighted by Crippen LogP contribution is 2.40. The van der Waals surface area contributed by atoms with Gasteiger partial charge in [-0.25, -0.2) is 4.98 Å². The van der Waals surface area contributed by atoms with E-state index in [2.05, 4.69) is 10.3 Å². The number of aromatic nitrogens is 2. The van der Waals surface area contributed by atoms with Crippen LogP contribution in [0.5, 0.6) is 0 Å². The quantitative estimate of drug-likeness (QED) is 0.503. The summed E-state index contributed by atoms with van der Waals surface area (Å²) in [6.07, 6.45) is -3.68. The molecule has 7 nitrogen and oxygen atoms in total. The Morgan fingerprint density at radius 3 is 2.39 bits per heavy atom. The summed E-state index contributed by atoms with van der Waals surface area (Å²) in [5, 5.41) is 12.5. The highest BCUT2D eigenvalue weighted by molar-refractivity contribution is 7.14. The van der Waals surface area contributed by atoms with Crippen LogP contribution in [0.2, 0.25) is 0 Å². The van der Waals surface area contributed by atoms with Crippen LogP contribution < -0.4 is 5.32 Å². The van der Waals surface area contributed by atoms with Crippen LogP contribution in [0.4, 0.5) is 13.2 Å². The third-order valence-corrected chi connectivity index (χ3v) is 5.79. The van der Waals surface area contributed by atoms with Gasteiger partial charge in [-0.1, -0.05) is 0 Å². The number of aryl methyl sites for hydroxylation is 2. The number of nitrogens with zero attached hydrogens (tertiary/aromatic N) is 2. The Hall–Kier alpha value is -2.53. The number of alkyl halides is 3. The Morgan fingerprint density at radius 2 is 1.84 bits per heavy atom. The minimum Gasteiger partial charge on any atom is -0.374 e. The molecule has 0 aliphatic heterocycles. The molecule has 1 amide bonds. The zero-order chi connectivity index (χ0) is 23.2. The Bertz CT molecular complexity index is 938. The van der Waals surface area contributed by atoms with Gasteiger partial charge in [0.1, 0.15) is 11.6 Å². The lowest BCUT2D eigenvalue weighted by molar-refractivity contribution is -0.272. The molecule has 2 aromatic rings. The molecule has 0 spiro atoms. The normalized spacial score (nSPS) is 13.6. The van der Waals surface area contributed by atoms with Gasteiger partial charge in [-0.2, -0.15) is 13.2 Å². The summed E-state index contributed by atoms with van der Waals surface area (Å²) in [5.41, 5.74) is -3.21. The molecular formula is C20H24F3N3O4S. The third kappa shape index (κ3) is 6.47. The van der Waals surface area contributed by atoms with Crippen LogP contribution in [0.3, 0.4) is 0 Å². The van der Waals surface area contributed by atoms with Gasteiger partial charge in [0, 0.05) is 63.0 Å². The molecule has 0 aliphatic carbocycles. The number of aliphatic hydroxyl groups is 1. The Kier molecular flexibility index (Phi) is 8.13. The number of Topliss-reactive ketones (excluding diaryl/α,β-unsaturated/α-hetero) is 2.